The molecule has 0 aliphatic carbocycles. The summed E-state index contributed by atoms with van der Waals surface area (Å²) in [6.07, 6.45) is 2.74. The Labute approximate surface area is 109 Å². The molecule has 0 radical (unpaired) electrons. The second-order valence-corrected chi connectivity index (χ2v) is 3.99. The summed E-state index contributed by atoms with van der Waals surface area (Å²) in [4.78, 5) is 11.8. The molecule has 0 aliphatic heterocycles. The van der Waals surface area contributed by atoms with Crippen molar-refractivity contribution in [2.75, 3.05) is 0 Å². The molecule has 2 aromatic carbocycles. The summed E-state index contributed by atoms with van der Waals surface area (Å²) < 4.78 is 0. The normalized spacial score (nSPS) is 10.7. The number of hydrogen-bond acceptors (Lipinski definition) is 4. The molecular weight excluding hydrogens is 244 g/mol. The number of carbonyl (C=O) groups excluding carboxylic acids is 1. The Morgan fingerprint density at radius 2 is 1.58 bits per heavy atom. The topological polar surface area (TPSA) is 77.8 Å². The fourth-order valence-electron chi connectivity index (χ4n) is 1.63. The highest BCUT2D eigenvalue weighted by atomic mass is 16.3. The number of aromatic hydroxyl groups is 3. The number of allylic oxidation sites excluding steroid dienone is 1. The Morgan fingerprint density at radius 1 is 0.947 bits per heavy atom. The third-order valence-corrected chi connectivity index (χ3v) is 2.54. The van der Waals surface area contributed by atoms with Crippen LogP contribution in [0.3, 0.4) is 0 Å². The fraction of sp³-hybridized carbons (Fsp3) is 0. The Bertz CT molecular complexity index is 624. The summed E-state index contributed by atoms with van der Waals surface area (Å²) in [6, 6.07) is 10.3. The number of phenolic OH excluding ortho intramolecular Hbond substituents is 3. The summed E-state index contributed by atoms with van der Waals surface area (Å²) in [5.74, 6) is -0.668. The predicted molar refractivity (Wildman–Crippen MR) is 71.2 cm³/mol. The van der Waals surface area contributed by atoms with Crippen LogP contribution in [0.4, 0.5) is 0 Å². The van der Waals surface area contributed by atoms with E-state index in [2.05, 4.69) is 0 Å². The molecule has 0 saturated heterocycles. The molecule has 4 nitrogen and oxygen atoms in total. The molecule has 3 N–H and O–H groups in total. The van der Waals surface area contributed by atoms with Gasteiger partial charge in [0.15, 0.2) is 5.78 Å². The molecule has 2 rings (SSSR count). The van der Waals surface area contributed by atoms with Crippen LogP contribution in [0.5, 0.6) is 17.2 Å². The van der Waals surface area contributed by atoms with Gasteiger partial charge in [0.05, 0.1) is 0 Å². The highest BCUT2D eigenvalue weighted by Gasteiger charge is 2.05. The van der Waals surface area contributed by atoms with Crippen LogP contribution in [0.2, 0.25) is 0 Å². The lowest BCUT2D eigenvalue weighted by molar-refractivity contribution is 0.104. The van der Waals surface area contributed by atoms with E-state index in [-0.39, 0.29) is 28.6 Å². The third-order valence-electron chi connectivity index (χ3n) is 2.54. The number of carbonyl (C=O) groups is 1. The van der Waals surface area contributed by atoms with Gasteiger partial charge in [-0.25, -0.2) is 0 Å². The summed E-state index contributed by atoms with van der Waals surface area (Å²) in [7, 11) is 0. The molecular formula is C15H12O4. The first-order chi connectivity index (χ1) is 9.06. The molecule has 19 heavy (non-hydrogen) atoms. The van der Waals surface area contributed by atoms with Gasteiger partial charge in [-0.1, -0.05) is 18.2 Å². The highest BCUT2D eigenvalue weighted by Crippen LogP contribution is 2.22. The van der Waals surface area contributed by atoms with Gasteiger partial charge in [-0.15, -0.1) is 0 Å². The number of para-hydroxylation sites is 1. The van der Waals surface area contributed by atoms with Crippen molar-refractivity contribution in [3.63, 3.8) is 0 Å². The monoisotopic (exact) mass is 256 g/mol. The molecule has 96 valence electrons. The van der Waals surface area contributed by atoms with E-state index in [0.717, 1.165) is 6.07 Å². The van der Waals surface area contributed by atoms with E-state index in [1.807, 2.05) is 0 Å². The zero-order valence-corrected chi connectivity index (χ0v) is 9.95. The number of hydrogen-bond donors (Lipinski definition) is 3. The Balaban J connectivity index is 2.24. The second-order valence-electron chi connectivity index (χ2n) is 3.99. The average Bonchev–Trinajstić information content (AvgIpc) is 2.36. The van der Waals surface area contributed by atoms with Crippen molar-refractivity contribution >= 4 is 11.9 Å². The maximum atomic E-state index is 11.8. The Kier molecular flexibility index (Phi) is 3.52. The molecule has 0 aliphatic rings. The highest BCUT2D eigenvalue weighted by molar-refractivity contribution is 6.07. The first-order valence-corrected chi connectivity index (χ1v) is 5.60. The largest absolute Gasteiger partial charge is 0.508 e. The third kappa shape index (κ3) is 3.13. The Morgan fingerprint density at radius 3 is 2.21 bits per heavy atom. The molecule has 0 aromatic heterocycles. The van der Waals surface area contributed by atoms with Crippen molar-refractivity contribution in [1.29, 1.82) is 0 Å². The summed E-state index contributed by atoms with van der Waals surface area (Å²) in [6.45, 7) is 0. The van der Waals surface area contributed by atoms with E-state index in [0.29, 0.717) is 5.56 Å². The maximum absolute atomic E-state index is 11.8. The van der Waals surface area contributed by atoms with Gasteiger partial charge in [0, 0.05) is 17.2 Å². The van der Waals surface area contributed by atoms with Gasteiger partial charge in [0.25, 0.3) is 0 Å². The van der Waals surface area contributed by atoms with E-state index in [1.54, 1.807) is 18.2 Å². The lowest BCUT2D eigenvalue weighted by atomic mass is 10.1. The number of phenols is 3. The van der Waals surface area contributed by atoms with E-state index < -0.39 is 0 Å². The lowest BCUT2D eigenvalue weighted by Gasteiger charge is -2.00. The zero-order chi connectivity index (χ0) is 13.8. The number of ketones is 1. The average molecular weight is 256 g/mol. The van der Waals surface area contributed by atoms with Gasteiger partial charge >= 0.3 is 0 Å². The van der Waals surface area contributed by atoms with Gasteiger partial charge in [0.2, 0.25) is 0 Å². The van der Waals surface area contributed by atoms with Gasteiger partial charge in [-0.05, 0) is 30.4 Å². The molecule has 0 heterocycles. The summed E-state index contributed by atoms with van der Waals surface area (Å²) >= 11 is 0. The van der Waals surface area contributed by atoms with Crippen LogP contribution in [0.15, 0.2) is 48.5 Å². The van der Waals surface area contributed by atoms with Crippen LogP contribution in [-0.4, -0.2) is 21.1 Å². The van der Waals surface area contributed by atoms with Crippen LogP contribution in [0.25, 0.3) is 6.08 Å². The summed E-state index contributed by atoms with van der Waals surface area (Å²) in [5.41, 5.74) is 0.685. The van der Waals surface area contributed by atoms with Gasteiger partial charge < -0.3 is 15.3 Å². The van der Waals surface area contributed by atoms with Crippen LogP contribution < -0.4 is 0 Å². The fourth-order valence-corrected chi connectivity index (χ4v) is 1.63. The molecule has 2 aromatic rings. The molecule has 0 spiro atoms. The minimum Gasteiger partial charge on any atom is -0.508 e. The van der Waals surface area contributed by atoms with Gasteiger partial charge in [0.1, 0.15) is 17.2 Å². The smallest absolute Gasteiger partial charge is 0.186 e. The molecule has 0 atom stereocenters. The van der Waals surface area contributed by atoms with E-state index in [1.165, 1.54) is 30.4 Å². The second kappa shape index (κ2) is 5.27. The van der Waals surface area contributed by atoms with Crippen molar-refractivity contribution in [1.82, 2.24) is 0 Å². The number of benzene rings is 2. The minimum atomic E-state index is -0.380. The zero-order valence-electron chi connectivity index (χ0n) is 9.95. The first-order valence-electron chi connectivity index (χ1n) is 5.60. The van der Waals surface area contributed by atoms with Crippen molar-refractivity contribution in [3.8, 4) is 17.2 Å². The van der Waals surface area contributed by atoms with Crippen LogP contribution in [0.1, 0.15) is 15.9 Å². The van der Waals surface area contributed by atoms with Crippen molar-refractivity contribution in [2.24, 2.45) is 0 Å². The van der Waals surface area contributed by atoms with Crippen LogP contribution in [-0.2, 0) is 0 Å². The van der Waals surface area contributed by atoms with Crippen LogP contribution >= 0.6 is 0 Å². The minimum absolute atomic E-state index is 0.0744. The number of rotatable bonds is 3. The van der Waals surface area contributed by atoms with E-state index in [4.69, 9.17) is 0 Å². The maximum Gasteiger partial charge on any atom is 0.186 e. The van der Waals surface area contributed by atoms with Crippen molar-refractivity contribution in [2.45, 2.75) is 0 Å². The van der Waals surface area contributed by atoms with E-state index >= 15 is 0 Å². The SMILES string of the molecule is O=C(/C=C/c1ccccc1O)c1cc(O)cc(O)c1. The molecule has 0 saturated carbocycles. The molecule has 0 unspecified atom stereocenters. The predicted octanol–water partition coefficient (Wildman–Crippen LogP) is 2.70. The van der Waals surface area contributed by atoms with Gasteiger partial charge in [-0.2, -0.15) is 0 Å². The lowest BCUT2D eigenvalue weighted by Crippen LogP contribution is -1.93. The Hall–Kier alpha value is -2.75. The van der Waals surface area contributed by atoms with Crippen molar-refractivity contribution in [3.05, 3.63) is 59.7 Å². The standard InChI is InChI=1S/C15H12O4/c16-12-7-11(8-13(17)9-12)15(19)6-5-10-3-1-2-4-14(10)18/h1-9,16-18H/b6-5+. The summed E-state index contributed by atoms with van der Waals surface area (Å²) in [5, 5.41) is 28.1. The molecule has 4 heteroatoms. The molecule has 0 bridgehead atoms. The molecule has 0 amide bonds. The quantitative estimate of drug-likeness (QED) is 0.583. The van der Waals surface area contributed by atoms with Crippen LogP contribution in [0, 0.1) is 0 Å². The molecule has 0 fully saturated rings. The van der Waals surface area contributed by atoms with Gasteiger partial charge in [-0.3, -0.25) is 4.79 Å². The first kappa shape index (κ1) is 12.7. The van der Waals surface area contributed by atoms with E-state index in [9.17, 15) is 20.1 Å². The van der Waals surface area contributed by atoms with Crippen molar-refractivity contribution < 1.29 is 20.1 Å².